The Morgan fingerprint density at radius 3 is 2.85 bits per heavy atom. The number of rotatable bonds is 4. The number of benzene rings is 1. The summed E-state index contributed by atoms with van der Waals surface area (Å²) < 4.78 is 5.30. The second kappa shape index (κ2) is 6.69. The van der Waals surface area contributed by atoms with Crippen molar-refractivity contribution in [3.8, 4) is 0 Å². The first-order chi connectivity index (χ1) is 9.60. The van der Waals surface area contributed by atoms with Crippen molar-refractivity contribution < 1.29 is 14.3 Å². The van der Waals surface area contributed by atoms with Crippen LogP contribution in [0.1, 0.15) is 12.8 Å². The molecule has 1 fully saturated rings. The highest BCUT2D eigenvalue weighted by Crippen LogP contribution is 2.26. The molecule has 2 amide bonds. The van der Waals surface area contributed by atoms with E-state index in [1.165, 1.54) is 0 Å². The van der Waals surface area contributed by atoms with E-state index >= 15 is 0 Å². The molecule has 0 radical (unpaired) electrons. The highest BCUT2D eigenvalue weighted by molar-refractivity contribution is 6.33. The second-order valence-electron chi connectivity index (χ2n) is 4.44. The van der Waals surface area contributed by atoms with Gasteiger partial charge in [0.25, 0.3) is 5.91 Å². The molecule has 0 saturated carbocycles. The molecule has 0 aliphatic carbocycles. The van der Waals surface area contributed by atoms with E-state index in [2.05, 4.69) is 10.6 Å². The van der Waals surface area contributed by atoms with Gasteiger partial charge in [0, 0.05) is 12.3 Å². The molecule has 1 aliphatic heterocycles. The molecular weight excluding hydrogens is 282 g/mol. The summed E-state index contributed by atoms with van der Waals surface area (Å²) in [6.07, 6.45) is 1.19. The maximum Gasteiger partial charge on any atom is 0.253 e. The molecule has 7 heteroatoms. The lowest BCUT2D eigenvalue weighted by molar-refractivity contribution is -0.124. The molecule has 1 aromatic carbocycles. The number of nitrogens with two attached hydrogens (primary N) is 1. The van der Waals surface area contributed by atoms with Gasteiger partial charge in [-0.1, -0.05) is 11.6 Å². The fourth-order valence-corrected chi connectivity index (χ4v) is 2.07. The standard InChI is InChI=1S/C13H16ClN3O3/c14-9-4-3-8(6-10(9)17-12(18)7-15)16-13(19)11-2-1-5-20-11/h3-4,6,11H,1-2,5,7,15H2,(H,16,19)(H,17,18). The van der Waals surface area contributed by atoms with Gasteiger partial charge in [-0.15, -0.1) is 0 Å². The molecule has 1 atom stereocenters. The summed E-state index contributed by atoms with van der Waals surface area (Å²) in [5.74, 6) is -0.546. The van der Waals surface area contributed by atoms with Crippen molar-refractivity contribution in [2.24, 2.45) is 5.73 Å². The molecule has 1 heterocycles. The Morgan fingerprint density at radius 2 is 2.20 bits per heavy atom. The van der Waals surface area contributed by atoms with Crippen LogP contribution in [0.5, 0.6) is 0 Å². The Bertz CT molecular complexity index is 516. The van der Waals surface area contributed by atoms with Crippen molar-refractivity contribution in [1.82, 2.24) is 0 Å². The van der Waals surface area contributed by atoms with Gasteiger partial charge in [-0.05, 0) is 31.0 Å². The highest BCUT2D eigenvalue weighted by Gasteiger charge is 2.23. The first-order valence-electron chi connectivity index (χ1n) is 6.32. The van der Waals surface area contributed by atoms with Crippen LogP contribution in [-0.4, -0.2) is 31.1 Å². The van der Waals surface area contributed by atoms with Crippen LogP contribution in [0.3, 0.4) is 0 Å². The summed E-state index contributed by atoms with van der Waals surface area (Å²) in [6.45, 7) is 0.472. The van der Waals surface area contributed by atoms with Crippen LogP contribution in [0, 0.1) is 0 Å². The van der Waals surface area contributed by atoms with Crippen molar-refractivity contribution in [3.63, 3.8) is 0 Å². The number of carbonyl (C=O) groups is 2. The van der Waals surface area contributed by atoms with Crippen LogP contribution in [0.4, 0.5) is 11.4 Å². The minimum atomic E-state index is -0.409. The van der Waals surface area contributed by atoms with E-state index in [-0.39, 0.29) is 18.4 Å². The van der Waals surface area contributed by atoms with Gasteiger partial charge in [-0.3, -0.25) is 9.59 Å². The van der Waals surface area contributed by atoms with Crippen LogP contribution in [0.2, 0.25) is 5.02 Å². The first-order valence-corrected chi connectivity index (χ1v) is 6.70. The molecule has 108 valence electrons. The number of hydrogen-bond acceptors (Lipinski definition) is 4. The lowest BCUT2D eigenvalue weighted by Gasteiger charge is -2.12. The molecule has 1 aliphatic rings. The van der Waals surface area contributed by atoms with Crippen LogP contribution in [0.25, 0.3) is 0 Å². The SMILES string of the molecule is NCC(=O)Nc1cc(NC(=O)C2CCCO2)ccc1Cl. The Balaban J connectivity index is 2.06. The van der Waals surface area contributed by atoms with E-state index in [4.69, 9.17) is 22.1 Å². The predicted molar refractivity (Wildman–Crippen MR) is 76.7 cm³/mol. The van der Waals surface area contributed by atoms with E-state index in [1.807, 2.05) is 0 Å². The number of carbonyl (C=O) groups excluding carboxylic acids is 2. The molecule has 0 bridgehead atoms. The summed E-state index contributed by atoms with van der Waals surface area (Å²) in [5, 5.41) is 5.68. The third-order valence-electron chi connectivity index (χ3n) is 2.92. The van der Waals surface area contributed by atoms with Gasteiger partial charge in [0.15, 0.2) is 0 Å². The summed E-state index contributed by atoms with van der Waals surface area (Å²) in [6, 6.07) is 4.84. The molecule has 0 spiro atoms. The summed E-state index contributed by atoms with van der Waals surface area (Å²) in [5.41, 5.74) is 6.18. The van der Waals surface area contributed by atoms with Gasteiger partial charge >= 0.3 is 0 Å². The molecule has 4 N–H and O–H groups in total. The Kier molecular flexibility index (Phi) is 4.94. The topological polar surface area (TPSA) is 93.5 Å². The number of halogens is 1. The number of anilines is 2. The second-order valence-corrected chi connectivity index (χ2v) is 4.85. The van der Waals surface area contributed by atoms with E-state index in [0.717, 1.165) is 12.8 Å². The maximum atomic E-state index is 11.9. The monoisotopic (exact) mass is 297 g/mol. The largest absolute Gasteiger partial charge is 0.368 e. The Hall–Kier alpha value is -1.63. The zero-order chi connectivity index (χ0) is 14.5. The third-order valence-corrected chi connectivity index (χ3v) is 3.25. The number of ether oxygens (including phenoxy) is 1. The smallest absolute Gasteiger partial charge is 0.253 e. The normalized spacial score (nSPS) is 17.8. The fourth-order valence-electron chi connectivity index (χ4n) is 1.91. The van der Waals surface area contributed by atoms with Gasteiger partial charge in [-0.2, -0.15) is 0 Å². The van der Waals surface area contributed by atoms with Gasteiger partial charge in [-0.25, -0.2) is 0 Å². The maximum absolute atomic E-state index is 11.9. The van der Waals surface area contributed by atoms with Crippen molar-refractivity contribution >= 4 is 34.8 Å². The summed E-state index contributed by atoms with van der Waals surface area (Å²) in [4.78, 5) is 23.2. The molecule has 1 aromatic rings. The lowest BCUT2D eigenvalue weighted by Crippen LogP contribution is -2.27. The average Bonchev–Trinajstić information content (AvgIpc) is 2.96. The van der Waals surface area contributed by atoms with E-state index in [0.29, 0.717) is 23.0 Å². The fraction of sp³-hybridized carbons (Fsp3) is 0.385. The molecule has 1 saturated heterocycles. The van der Waals surface area contributed by atoms with Crippen molar-refractivity contribution in [2.45, 2.75) is 18.9 Å². The Morgan fingerprint density at radius 1 is 1.40 bits per heavy atom. The van der Waals surface area contributed by atoms with Crippen LogP contribution < -0.4 is 16.4 Å². The van der Waals surface area contributed by atoms with Gasteiger partial charge in [0.1, 0.15) is 6.10 Å². The quantitative estimate of drug-likeness (QED) is 0.782. The zero-order valence-electron chi connectivity index (χ0n) is 10.8. The van der Waals surface area contributed by atoms with E-state index in [1.54, 1.807) is 18.2 Å². The lowest BCUT2D eigenvalue weighted by atomic mass is 10.2. The zero-order valence-corrected chi connectivity index (χ0v) is 11.6. The van der Waals surface area contributed by atoms with Gasteiger partial charge in [0.2, 0.25) is 5.91 Å². The van der Waals surface area contributed by atoms with Crippen LogP contribution >= 0.6 is 11.6 Å². The predicted octanol–water partition coefficient (Wildman–Crippen LogP) is 1.35. The van der Waals surface area contributed by atoms with Crippen LogP contribution in [-0.2, 0) is 14.3 Å². The van der Waals surface area contributed by atoms with Gasteiger partial charge in [0.05, 0.1) is 17.3 Å². The number of amides is 2. The number of hydrogen-bond donors (Lipinski definition) is 3. The molecule has 20 heavy (non-hydrogen) atoms. The van der Waals surface area contributed by atoms with E-state index < -0.39 is 6.10 Å². The summed E-state index contributed by atoms with van der Waals surface area (Å²) >= 11 is 5.97. The van der Waals surface area contributed by atoms with E-state index in [9.17, 15) is 9.59 Å². The van der Waals surface area contributed by atoms with Crippen LogP contribution in [0.15, 0.2) is 18.2 Å². The minimum Gasteiger partial charge on any atom is -0.368 e. The van der Waals surface area contributed by atoms with Crippen molar-refractivity contribution in [3.05, 3.63) is 23.2 Å². The number of nitrogens with one attached hydrogen (secondary N) is 2. The van der Waals surface area contributed by atoms with Gasteiger partial charge < -0.3 is 21.1 Å². The van der Waals surface area contributed by atoms with Crippen molar-refractivity contribution in [1.29, 1.82) is 0 Å². The molecule has 6 nitrogen and oxygen atoms in total. The first kappa shape index (κ1) is 14.8. The summed E-state index contributed by atoms with van der Waals surface area (Å²) in [7, 11) is 0. The molecule has 1 unspecified atom stereocenters. The highest BCUT2D eigenvalue weighted by atomic mass is 35.5. The molecular formula is C13H16ClN3O3. The minimum absolute atomic E-state index is 0.136. The average molecular weight is 298 g/mol. The Labute approximate surface area is 121 Å². The third kappa shape index (κ3) is 3.69. The molecule has 0 aromatic heterocycles. The molecule has 2 rings (SSSR count). The van der Waals surface area contributed by atoms with Crippen molar-refractivity contribution in [2.75, 3.05) is 23.8 Å².